The van der Waals surface area contributed by atoms with Crippen molar-refractivity contribution in [2.75, 3.05) is 13.2 Å². The highest BCUT2D eigenvalue weighted by molar-refractivity contribution is 5.90. The molecule has 0 radical (unpaired) electrons. The van der Waals surface area contributed by atoms with E-state index >= 15 is 0 Å². The highest BCUT2D eigenvalue weighted by Gasteiger charge is 2.44. The number of unbranched alkanes of at least 4 members (excludes halogenated alkanes) is 1. The van der Waals surface area contributed by atoms with E-state index in [0.29, 0.717) is 31.8 Å². The molecule has 4 aliphatic rings. The van der Waals surface area contributed by atoms with E-state index in [0.717, 1.165) is 63.9 Å². The number of hydrogen-bond acceptors (Lipinski definition) is 7. The fraction of sp³-hybridized carbons (Fsp3) is 0.848. The zero-order chi connectivity index (χ0) is 29.0. The van der Waals surface area contributed by atoms with Crippen LogP contribution in [-0.2, 0) is 33.3 Å². The summed E-state index contributed by atoms with van der Waals surface area (Å²) in [5.41, 5.74) is 0. The molecule has 1 N–H and O–H groups in total. The highest BCUT2D eigenvalue weighted by atomic mass is 16.7. The first-order valence-corrected chi connectivity index (χ1v) is 16.4. The van der Waals surface area contributed by atoms with Gasteiger partial charge in [-0.2, -0.15) is 0 Å². The highest BCUT2D eigenvalue weighted by Crippen LogP contribution is 2.40. The molecule has 4 rings (SSSR count). The van der Waals surface area contributed by atoms with E-state index in [1.807, 2.05) is 0 Å². The van der Waals surface area contributed by atoms with Gasteiger partial charge >= 0.3 is 5.97 Å². The van der Waals surface area contributed by atoms with Gasteiger partial charge in [0.2, 0.25) is 0 Å². The molecule has 2 saturated carbocycles. The number of ketones is 2. The predicted molar refractivity (Wildman–Crippen MR) is 154 cm³/mol. The molecule has 41 heavy (non-hydrogen) atoms. The number of rotatable bonds is 16. The van der Waals surface area contributed by atoms with Crippen LogP contribution in [0.4, 0.5) is 0 Å². The number of carboxylic acid groups (broad SMARTS) is 1. The SMILES string of the molecule is CCCC1CCC([C@@H](/C=C/[C@H]2[C@H](OC3CCCCO3)CC(=O)[C@@H]2CC(=O)CCCCC(=O)O)OC2CCCCO2)C1. The molecule has 2 heterocycles. The molecule has 2 aliphatic heterocycles. The van der Waals surface area contributed by atoms with Crippen molar-refractivity contribution >= 4 is 17.5 Å². The predicted octanol–water partition coefficient (Wildman–Crippen LogP) is 6.39. The van der Waals surface area contributed by atoms with Gasteiger partial charge in [0, 0.05) is 50.7 Å². The minimum absolute atomic E-state index is 0.0170. The zero-order valence-electron chi connectivity index (χ0n) is 25.0. The van der Waals surface area contributed by atoms with Crippen molar-refractivity contribution in [1.82, 2.24) is 0 Å². The minimum Gasteiger partial charge on any atom is -0.481 e. The second-order valence-corrected chi connectivity index (χ2v) is 12.7. The van der Waals surface area contributed by atoms with Gasteiger partial charge in [-0.05, 0) is 76.0 Å². The molecule has 8 heteroatoms. The lowest BCUT2D eigenvalue weighted by Gasteiger charge is -2.31. The Kier molecular flexibility index (Phi) is 13.3. The quantitative estimate of drug-likeness (QED) is 0.166. The number of Topliss-reactive ketones (excluding diaryl/α,β-unsaturated/α-hetero) is 2. The van der Waals surface area contributed by atoms with Crippen LogP contribution < -0.4 is 0 Å². The third-order valence-electron chi connectivity index (χ3n) is 9.43. The summed E-state index contributed by atoms with van der Waals surface area (Å²) in [5.74, 6) is -0.273. The summed E-state index contributed by atoms with van der Waals surface area (Å²) in [6, 6.07) is 0. The number of carboxylic acids is 1. The molecule has 0 spiro atoms. The number of carbonyl (C=O) groups is 3. The molecule has 4 unspecified atom stereocenters. The normalized spacial score (nSPS) is 33.4. The summed E-state index contributed by atoms with van der Waals surface area (Å²) in [6.45, 7) is 3.65. The Morgan fingerprint density at radius 1 is 1.00 bits per heavy atom. The van der Waals surface area contributed by atoms with Crippen molar-refractivity contribution in [3.8, 4) is 0 Å². The largest absolute Gasteiger partial charge is 0.481 e. The Morgan fingerprint density at radius 3 is 2.41 bits per heavy atom. The lowest BCUT2D eigenvalue weighted by atomic mass is 9.87. The first-order chi connectivity index (χ1) is 19.9. The van der Waals surface area contributed by atoms with Crippen LogP contribution >= 0.6 is 0 Å². The van der Waals surface area contributed by atoms with Gasteiger partial charge < -0.3 is 24.1 Å². The number of ether oxygens (including phenoxy) is 4. The molecule has 2 aliphatic carbocycles. The average molecular weight is 577 g/mol. The molecule has 0 amide bonds. The van der Waals surface area contributed by atoms with E-state index in [2.05, 4.69) is 19.1 Å². The fourth-order valence-electron chi connectivity index (χ4n) is 7.19. The Hall–Kier alpha value is -1.61. The molecule has 0 aromatic rings. The number of hydrogen-bond donors (Lipinski definition) is 1. The summed E-state index contributed by atoms with van der Waals surface area (Å²) >= 11 is 0. The lowest BCUT2D eigenvalue weighted by Crippen LogP contribution is -2.32. The summed E-state index contributed by atoms with van der Waals surface area (Å²) in [4.78, 5) is 37.0. The van der Waals surface area contributed by atoms with Crippen LogP contribution in [0.25, 0.3) is 0 Å². The van der Waals surface area contributed by atoms with Crippen LogP contribution in [0.2, 0.25) is 0 Å². The molecular weight excluding hydrogens is 524 g/mol. The van der Waals surface area contributed by atoms with Gasteiger partial charge in [-0.25, -0.2) is 0 Å². The third-order valence-corrected chi connectivity index (χ3v) is 9.43. The maximum atomic E-state index is 13.3. The Balaban J connectivity index is 1.47. The second-order valence-electron chi connectivity index (χ2n) is 12.7. The van der Waals surface area contributed by atoms with Crippen LogP contribution in [-0.4, -0.2) is 60.6 Å². The van der Waals surface area contributed by atoms with E-state index in [1.165, 1.54) is 19.3 Å². The Morgan fingerprint density at radius 2 is 1.73 bits per heavy atom. The standard InChI is InChI=1S/C33H52O8/c1-2-9-23-14-15-24(20-23)29(40-32-12-5-7-18-38-32)17-16-26-27(21-25(34)10-3-4-11-31(36)37)28(35)22-30(26)41-33-13-6-8-19-39-33/h16-17,23-24,26-27,29-30,32-33H,2-15,18-22H2,1H3,(H,36,37)/b17-16+/t23?,24?,26-,27-,29-,30-,32?,33?/m1/s1. The van der Waals surface area contributed by atoms with E-state index in [4.69, 9.17) is 24.1 Å². The smallest absolute Gasteiger partial charge is 0.303 e. The van der Waals surface area contributed by atoms with Gasteiger partial charge in [-0.3, -0.25) is 14.4 Å². The Bertz CT molecular complexity index is 859. The van der Waals surface area contributed by atoms with E-state index in [1.54, 1.807) is 0 Å². The molecule has 8 atom stereocenters. The van der Waals surface area contributed by atoms with E-state index in [-0.39, 0.29) is 61.5 Å². The third kappa shape index (κ3) is 10.3. The van der Waals surface area contributed by atoms with E-state index < -0.39 is 11.9 Å². The van der Waals surface area contributed by atoms with Crippen LogP contribution in [0.3, 0.4) is 0 Å². The minimum atomic E-state index is -0.850. The molecule has 0 bridgehead atoms. The number of carbonyl (C=O) groups excluding carboxylic acids is 2. The van der Waals surface area contributed by atoms with Crippen molar-refractivity contribution in [2.24, 2.45) is 23.7 Å². The van der Waals surface area contributed by atoms with Gasteiger partial charge in [0.25, 0.3) is 0 Å². The molecule has 0 aromatic heterocycles. The topological polar surface area (TPSA) is 108 Å². The Labute approximate surface area is 245 Å². The maximum Gasteiger partial charge on any atom is 0.303 e. The van der Waals surface area contributed by atoms with E-state index in [9.17, 15) is 14.4 Å². The van der Waals surface area contributed by atoms with Crippen molar-refractivity contribution in [3.63, 3.8) is 0 Å². The maximum absolute atomic E-state index is 13.3. The van der Waals surface area contributed by atoms with Gasteiger partial charge in [0.1, 0.15) is 11.6 Å². The van der Waals surface area contributed by atoms with Crippen LogP contribution in [0.1, 0.15) is 116 Å². The van der Waals surface area contributed by atoms with Gasteiger partial charge in [0.15, 0.2) is 12.6 Å². The van der Waals surface area contributed by atoms with Crippen LogP contribution in [0.5, 0.6) is 0 Å². The molecule has 0 aromatic carbocycles. The summed E-state index contributed by atoms with van der Waals surface area (Å²) in [7, 11) is 0. The zero-order valence-corrected chi connectivity index (χ0v) is 25.0. The van der Waals surface area contributed by atoms with Crippen molar-refractivity contribution in [1.29, 1.82) is 0 Å². The molecule has 8 nitrogen and oxygen atoms in total. The van der Waals surface area contributed by atoms with Gasteiger partial charge in [-0.15, -0.1) is 0 Å². The monoisotopic (exact) mass is 576 g/mol. The summed E-state index contributed by atoms with van der Waals surface area (Å²) in [6.07, 6.45) is 17.1. The van der Waals surface area contributed by atoms with Gasteiger partial charge in [0.05, 0.1) is 12.2 Å². The summed E-state index contributed by atoms with van der Waals surface area (Å²) < 4.78 is 24.8. The molecule has 2 saturated heterocycles. The van der Waals surface area contributed by atoms with Crippen molar-refractivity contribution in [3.05, 3.63) is 12.2 Å². The fourth-order valence-corrected chi connectivity index (χ4v) is 7.19. The van der Waals surface area contributed by atoms with Gasteiger partial charge in [-0.1, -0.05) is 38.3 Å². The first kappa shape index (κ1) is 32.3. The molecule has 232 valence electrons. The molecular formula is C33H52O8. The van der Waals surface area contributed by atoms with Crippen LogP contribution in [0.15, 0.2) is 12.2 Å². The second kappa shape index (κ2) is 16.9. The average Bonchev–Trinajstić information content (AvgIpc) is 3.54. The molecule has 4 fully saturated rings. The summed E-state index contributed by atoms with van der Waals surface area (Å²) in [5, 5.41) is 8.89. The number of aliphatic carboxylic acids is 1. The van der Waals surface area contributed by atoms with Crippen LogP contribution in [0, 0.1) is 23.7 Å². The van der Waals surface area contributed by atoms with Crippen molar-refractivity contribution in [2.45, 2.75) is 141 Å². The van der Waals surface area contributed by atoms with Crippen molar-refractivity contribution < 1.29 is 38.4 Å². The first-order valence-electron chi connectivity index (χ1n) is 16.4. The lowest BCUT2D eigenvalue weighted by molar-refractivity contribution is -0.193.